The Labute approximate surface area is 199 Å². The predicted octanol–water partition coefficient (Wildman–Crippen LogP) is 4.65. The topological polar surface area (TPSA) is 70.6 Å². The molecule has 3 aromatic carbocycles. The number of anilines is 3. The molecule has 0 aliphatic carbocycles. The summed E-state index contributed by atoms with van der Waals surface area (Å²) in [5, 5.41) is 5.42. The molecule has 0 saturated carbocycles. The van der Waals surface area contributed by atoms with Gasteiger partial charge in [0.25, 0.3) is 5.91 Å². The van der Waals surface area contributed by atoms with E-state index in [0.717, 1.165) is 39.3 Å². The van der Waals surface area contributed by atoms with E-state index in [2.05, 4.69) is 15.2 Å². The van der Waals surface area contributed by atoms with Crippen LogP contribution in [0.4, 0.5) is 17.5 Å². The molecule has 1 aliphatic rings. The smallest absolute Gasteiger partial charge is 0.254 e. The zero-order chi connectivity index (χ0) is 23.5. The number of hydrogen-bond donors (Lipinski definition) is 1. The molecular formula is C27H27N5O2. The molecule has 4 aromatic rings. The molecule has 1 aromatic heterocycles. The highest BCUT2D eigenvalue weighted by Crippen LogP contribution is 2.23. The number of rotatable bonds is 5. The summed E-state index contributed by atoms with van der Waals surface area (Å²) in [7, 11) is 1.65. The number of carbonyl (C=O) groups is 1. The number of nitrogens with one attached hydrogen (secondary N) is 1. The van der Waals surface area contributed by atoms with Crippen molar-refractivity contribution in [3.05, 3.63) is 84.1 Å². The maximum absolute atomic E-state index is 13.3. The molecule has 1 amide bonds. The van der Waals surface area contributed by atoms with Crippen LogP contribution in [0.25, 0.3) is 10.8 Å². The van der Waals surface area contributed by atoms with E-state index < -0.39 is 0 Å². The van der Waals surface area contributed by atoms with E-state index in [0.29, 0.717) is 32.1 Å². The zero-order valence-corrected chi connectivity index (χ0v) is 19.4. The molecule has 0 unspecified atom stereocenters. The van der Waals surface area contributed by atoms with Gasteiger partial charge in [-0.2, -0.15) is 4.98 Å². The quantitative estimate of drug-likeness (QED) is 0.474. The Bertz CT molecular complexity index is 1310. The number of piperazine rings is 1. The SMILES string of the molecule is COc1ccc(Nc2cc(C)nc(N3CCN(C(=O)c4cccc5ccccc45)CC3)n2)cc1. The number of nitrogens with zero attached hydrogens (tertiary/aromatic N) is 4. The van der Waals surface area contributed by atoms with Gasteiger partial charge in [-0.15, -0.1) is 0 Å². The van der Waals surface area contributed by atoms with E-state index in [1.807, 2.05) is 84.6 Å². The molecule has 0 bridgehead atoms. The summed E-state index contributed by atoms with van der Waals surface area (Å²) >= 11 is 0. The number of benzene rings is 3. The first-order valence-corrected chi connectivity index (χ1v) is 11.4. The first-order valence-electron chi connectivity index (χ1n) is 11.4. The second kappa shape index (κ2) is 9.39. The number of aryl methyl sites for hydroxylation is 1. The van der Waals surface area contributed by atoms with Gasteiger partial charge >= 0.3 is 0 Å². The van der Waals surface area contributed by atoms with Crippen LogP contribution in [0, 0.1) is 6.92 Å². The third-order valence-corrected chi connectivity index (χ3v) is 6.07. The van der Waals surface area contributed by atoms with Gasteiger partial charge in [-0.3, -0.25) is 4.79 Å². The van der Waals surface area contributed by atoms with Crippen LogP contribution in [0.3, 0.4) is 0 Å². The van der Waals surface area contributed by atoms with Gasteiger partial charge in [-0.1, -0.05) is 36.4 Å². The lowest BCUT2D eigenvalue weighted by molar-refractivity contribution is 0.0748. The van der Waals surface area contributed by atoms with E-state index in [4.69, 9.17) is 9.72 Å². The molecule has 172 valence electrons. The monoisotopic (exact) mass is 453 g/mol. The first-order chi connectivity index (χ1) is 16.6. The molecule has 0 spiro atoms. The number of fused-ring (bicyclic) bond motifs is 1. The molecule has 2 heterocycles. The second-order valence-corrected chi connectivity index (χ2v) is 8.35. The van der Waals surface area contributed by atoms with Gasteiger partial charge in [0.2, 0.25) is 5.95 Å². The predicted molar refractivity (Wildman–Crippen MR) is 135 cm³/mol. The van der Waals surface area contributed by atoms with E-state index in [9.17, 15) is 4.79 Å². The minimum atomic E-state index is 0.0727. The van der Waals surface area contributed by atoms with E-state index in [1.54, 1.807) is 7.11 Å². The highest BCUT2D eigenvalue weighted by atomic mass is 16.5. The van der Waals surface area contributed by atoms with Gasteiger partial charge in [0.05, 0.1) is 7.11 Å². The van der Waals surface area contributed by atoms with Crippen LogP contribution in [0.5, 0.6) is 5.75 Å². The molecule has 0 radical (unpaired) electrons. The van der Waals surface area contributed by atoms with Crippen molar-refractivity contribution in [1.82, 2.24) is 14.9 Å². The standard InChI is InChI=1S/C27H27N5O2/c1-19-18-25(29-21-10-12-22(34-2)13-11-21)30-27(28-19)32-16-14-31(15-17-32)26(33)24-9-5-7-20-6-3-4-8-23(20)24/h3-13,18H,14-17H2,1-2H3,(H,28,29,30). The third-order valence-electron chi connectivity index (χ3n) is 6.07. The lowest BCUT2D eigenvalue weighted by Gasteiger charge is -2.35. The maximum Gasteiger partial charge on any atom is 0.254 e. The first kappa shape index (κ1) is 21.7. The van der Waals surface area contributed by atoms with Gasteiger partial charge in [-0.05, 0) is 48.0 Å². The van der Waals surface area contributed by atoms with Gasteiger partial charge in [0.1, 0.15) is 11.6 Å². The average molecular weight is 454 g/mol. The largest absolute Gasteiger partial charge is 0.497 e. The van der Waals surface area contributed by atoms with E-state index in [-0.39, 0.29) is 5.91 Å². The fraction of sp³-hybridized carbons (Fsp3) is 0.222. The van der Waals surface area contributed by atoms with E-state index >= 15 is 0 Å². The van der Waals surface area contributed by atoms with Gasteiger partial charge in [-0.25, -0.2) is 4.98 Å². The minimum Gasteiger partial charge on any atom is -0.497 e. The Balaban J connectivity index is 1.28. The highest BCUT2D eigenvalue weighted by Gasteiger charge is 2.25. The Kier molecular flexibility index (Phi) is 5.99. The summed E-state index contributed by atoms with van der Waals surface area (Å²) in [5.74, 6) is 2.29. The van der Waals surface area contributed by atoms with Crippen LogP contribution in [0.1, 0.15) is 16.1 Å². The Hall–Kier alpha value is -4.13. The van der Waals surface area contributed by atoms with Crippen molar-refractivity contribution >= 4 is 34.1 Å². The van der Waals surface area contributed by atoms with Gasteiger partial charge in [0, 0.05) is 49.2 Å². The van der Waals surface area contributed by atoms with Crippen LogP contribution in [-0.4, -0.2) is 54.1 Å². The van der Waals surface area contributed by atoms with Crippen molar-refractivity contribution in [3.63, 3.8) is 0 Å². The van der Waals surface area contributed by atoms with Crippen molar-refractivity contribution in [2.45, 2.75) is 6.92 Å². The van der Waals surface area contributed by atoms with Gasteiger partial charge < -0.3 is 19.9 Å². The van der Waals surface area contributed by atoms with E-state index in [1.165, 1.54) is 0 Å². The Morgan fingerprint density at radius 2 is 1.65 bits per heavy atom. The fourth-order valence-electron chi connectivity index (χ4n) is 4.27. The molecule has 7 nitrogen and oxygen atoms in total. The van der Waals surface area contributed by atoms with Crippen molar-refractivity contribution in [3.8, 4) is 5.75 Å². The number of hydrogen-bond acceptors (Lipinski definition) is 6. The molecule has 1 N–H and O–H groups in total. The summed E-state index contributed by atoms with van der Waals surface area (Å²) in [6, 6.07) is 23.6. The highest BCUT2D eigenvalue weighted by molar-refractivity contribution is 6.07. The Morgan fingerprint density at radius 3 is 2.41 bits per heavy atom. The van der Waals surface area contributed by atoms with Crippen LogP contribution in [0.2, 0.25) is 0 Å². The fourth-order valence-corrected chi connectivity index (χ4v) is 4.27. The molecule has 5 rings (SSSR count). The summed E-state index contributed by atoms with van der Waals surface area (Å²) in [4.78, 5) is 26.7. The molecule has 1 saturated heterocycles. The molecule has 1 fully saturated rings. The number of amides is 1. The van der Waals surface area contributed by atoms with Crippen LogP contribution in [-0.2, 0) is 0 Å². The van der Waals surface area contributed by atoms with Gasteiger partial charge in [0.15, 0.2) is 0 Å². The lowest BCUT2D eigenvalue weighted by atomic mass is 10.0. The van der Waals surface area contributed by atoms with Crippen LogP contribution >= 0.6 is 0 Å². The summed E-state index contributed by atoms with van der Waals surface area (Å²) < 4.78 is 5.22. The number of carbonyl (C=O) groups excluding carboxylic acids is 1. The summed E-state index contributed by atoms with van der Waals surface area (Å²) in [5.41, 5.74) is 2.56. The molecule has 34 heavy (non-hydrogen) atoms. The van der Waals surface area contributed by atoms with Crippen LogP contribution in [0.15, 0.2) is 72.8 Å². The average Bonchev–Trinajstić information content (AvgIpc) is 2.88. The molecule has 0 atom stereocenters. The second-order valence-electron chi connectivity index (χ2n) is 8.35. The zero-order valence-electron chi connectivity index (χ0n) is 19.4. The maximum atomic E-state index is 13.3. The van der Waals surface area contributed by atoms with Crippen molar-refractivity contribution in [2.24, 2.45) is 0 Å². The summed E-state index contributed by atoms with van der Waals surface area (Å²) in [6.07, 6.45) is 0. The van der Waals surface area contributed by atoms with Crippen molar-refractivity contribution in [1.29, 1.82) is 0 Å². The molecule has 7 heteroatoms. The number of aromatic nitrogens is 2. The van der Waals surface area contributed by atoms with Crippen molar-refractivity contribution in [2.75, 3.05) is 43.5 Å². The molecular weight excluding hydrogens is 426 g/mol. The summed E-state index contributed by atoms with van der Waals surface area (Å²) in [6.45, 7) is 4.58. The lowest BCUT2D eigenvalue weighted by Crippen LogP contribution is -2.49. The molecule has 1 aliphatic heterocycles. The number of methoxy groups -OCH3 is 1. The van der Waals surface area contributed by atoms with Crippen LogP contribution < -0.4 is 15.0 Å². The Morgan fingerprint density at radius 1 is 0.912 bits per heavy atom. The number of ether oxygens (including phenoxy) is 1. The van der Waals surface area contributed by atoms with Crippen molar-refractivity contribution < 1.29 is 9.53 Å². The third kappa shape index (κ3) is 4.50. The normalized spacial score (nSPS) is 13.7. The minimum absolute atomic E-state index is 0.0727.